The van der Waals surface area contributed by atoms with Crippen molar-refractivity contribution in [2.24, 2.45) is 0 Å². The second kappa shape index (κ2) is 6.15. The number of hydrogen-bond acceptors (Lipinski definition) is 1. The molecular weight excluding hydrogens is 302 g/mol. The molecular formula is C14H11ClF2N2S. The fraction of sp³-hybridized carbons (Fsp3) is 0.0714. The molecule has 0 aromatic heterocycles. The van der Waals surface area contributed by atoms with Crippen molar-refractivity contribution in [1.29, 1.82) is 0 Å². The molecule has 2 nitrogen and oxygen atoms in total. The molecule has 2 rings (SSSR count). The Kier molecular flexibility index (Phi) is 4.52. The van der Waals surface area contributed by atoms with Gasteiger partial charge in [-0.05, 0) is 49.0 Å². The van der Waals surface area contributed by atoms with Gasteiger partial charge in [0, 0.05) is 16.8 Å². The van der Waals surface area contributed by atoms with E-state index in [4.69, 9.17) is 23.8 Å². The van der Waals surface area contributed by atoms with E-state index in [1.54, 1.807) is 12.1 Å². The zero-order chi connectivity index (χ0) is 14.7. The molecule has 2 N–H and O–H groups in total. The van der Waals surface area contributed by atoms with E-state index in [-0.39, 0.29) is 10.8 Å². The van der Waals surface area contributed by atoms with Gasteiger partial charge in [0.05, 0.1) is 5.69 Å². The van der Waals surface area contributed by atoms with E-state index in [1.807, 2.05) is 13.0 Å². The molecule has 0 aliphatic rings. The maximum Gasteiger partial charge on any atom is 0.175 e. The standard InChI is InChI=1S/C14H11ClF2N2S/c1-8-2-3-9(15)6-12(8)18-14(20)19-13-7-10(16)4-5-11(13)17/h2-7H,1H3,(H2,18,19,20). The highest BCUT2D eigenvalue weighted by Crippen LogP contribution is 2.21. The number of aryl methyl sites for hydroxylation is 1. The lowest BCUT2D eigenvalue weighted by Crippen LogP contribution is -2.20. The predicted molar refractivity (Wildman–Crippen MR) is 82.4 cm³/mol. The molecule has 0 atom stereocenters. The first-order chi connectivity index (χ1) is 9.45. The summed E-state index contributed by atoms with van der Waals surface area (Å²) in [4.78, 5) is 0. The molecule has 20 heavy (non-hydrogen) atoms. The van der Waals surface area contributed by atoms with Crippen LogP contribution in [0.5, 0.6) is 0 Å². The van der Waals surface area contributed by atoms with Crippen molar-refractivity contribution in [2.75, 3.05) is 10.6 Å². The van der Waals surface area contributed by atoms with Crippen LogP contribution in [0.15, 0.2) is 36.4 Å². The minimum atomic E-state index is -0.585. The quantitative estimate of drug-likeness (QED) is 0.784. The van der Waals surface area contributed by atoms with Crippen LogP contribution in [0, 0.1) is 18.6 Å². The van der Waals surface area contributed by atoms with Crippen molar-refractivity contribution < 1.29 is 8.78 Å². The Balaban J connectivity index is 2.13. The molecule has 6 heteroatoms. The summed E-state index contributed by atoms with van der Waals surface area (Å²) in [6.45, 7) is 1.88. The number of nitrogens with one attached hydrogen (secondary N) is 2. The molecule has 0 aliphatic carbocycles. The predicted octanol–water partition coefficient (Wildman–Crippen LogP) is 4.74. The van der Waals surface area contributed by atoms with Gasteiger partial charge in [-0.2, -0.15) is 0 Å². The summed E-state index contributed by atoms with van der Waals surface area (Å²) in [5.74, 6) is -1.13. The molecule has 0 fully saturated rings. The average molecular weight is 313 g/mol. The van der Waals surface area contributed by atoms with Crippen molar-refractivity contribution >= 4 is 40.3 Å². The van der Waals surface area contributed by atoms with Crippen LogP contribution in [-0.2, 0) is 0 Å². The molecule has 0 radical (unpaired) electrons. The number of hydrogen-bond donors (Lipinski definition) is 2. The third-order valence-corrected chi connectivity index (χ3v) is 3.06. The number of rotatable bonds is 2. The number of anilines is 2. The summed E-state index contributed by atoms with van der Waals surface area (Å²) in [5.41, 5.74) is 1.60. The SMILES string of the molecule is Cc1ccc(Cl)cc1NC(=S)Nc1cc(F)ccc1F. The molecule has 0 aliphatic heterocycles. The first-order valence-electron chi connectivity index (χ1n) is 5.75. The van der Waals surface area contributed by atoms with Crippen molar-refractivity contribution in [3.63, 3.8) is 0 Å². The van der Waals surface area contributed by atoms with Gasteiger partial charge in [0.1, 0.15) is 11.6 Å². The highest BCUT2D eigenvalue weighted by molar-refractivity contribution is 7.80. The second-order valence-corrected chi connectivity index (χ2v) is 5.01. The zero-order valence-electron chi connectivity index (χ0n) is 10.5. The van der Waals surface area contributed by atoms with Crippen LogP contribution >= 0.6 is 23.8 Å². The van der Waals surface area contributed by atoms with Crippen LogP contribution in [-0.4, -0.2) is 5.11 Å². The van der Waals surface area contributed by atoms with Gasteiger partial charge in [0.2, 0.25) is 0 Å². The largest absolute Gasteiger partial charge is 0.332 e. The van der Waals surface area contributed by atoms with Crippen LogP contribution in [0.1, 0.15) is 5.56 Å². The minimum absolute atomic E-state index is 0.0258. The van der Waals surface area contributed by atoms with E-state index >= 15 is 0 Å². The third-order valence-electron chi connectivity index (χ3n) is 2.62. The molecule has 0 amide bonds. The second-order valence-electron chi connectivity index (χ2n) is 4.16. The Hall–Kier alpha value is -1.72. The highest BCUT2D eigenvalue weighted by Gasteiger charge is 2.07. The summed E-state index contributed by atoms with van der Waals surface area (Å²) in [6, 6.07) is 8.39. The van der Waals surface area contributed by atoms with Gasteiger partial charge in [-0.25, -0.2) is 8.78 Å². The summed E-state index contributed by atoms with van der Waals surface area (Å²) < 4.78 is 26.5. The highest BCUT2D eigenvalue weighted by atomic mass is 35.5. The third kappa shape index (κ3) is 3.65. The van der Waals surface area contributed by atoms with Gasteiger partial charge in [-0.1, -0.05) is 17.7 Å². The summed E-state index contributed by atoms with van der Waals surface area (Å²) in [5, 5.41) is 6.21. The zero-order valence-corrected chi connectivity index (χ0v) is 12.1. The van der Waals surface area contributed by atoms with Gasteiger partial charge in [-0.15, -0.1) is 0 Å². The monoisotopic (exact) mass is 312 g/mol. The van der Waals surface area contributed by atoms with Gasteiger partial charge < -0.3 is 10.6 Å². The van der Waals surface area contributed by atoms with E-state index in [2.05, 4.69) is 10.6 Å². The van der Waals surface area contributed by atoms with Gasteiger partial charge in [-0.3, -0.25) is 0 Å². The molecule has 0 spiro atoms. The lowest BCUT2D eigenvalue weighted by molar-refractivity contribution is 0.604. The van der Waals surface area contributed by atoms with Gasteiger partial charge >= 0.3 is 0 Å². The Morgan fingerprint density at radius 2 is 1.75 bits per heavy atom. The summed E-state index contributed by atoms with van der Waals surface area (Å²) in [7, 11) is 0. The van der Waals surface area contributed by atoms with E-state index in [0.717, 1.165) is 23.8 Å². The smallest absolute Gasteiger partial charge is 0.175 e. The van der Waals surface area contributed by atoms with Crippen molar-refractivity contribution in [1.82, 2.24) is 0 Å². The molecule has 2 aromatic rings. The molecule has 0 saturated carbocycles. The molecule has 0 heterocycles. The summed E-state index contributed by atoms with van der Waals surface area (Å²) in [6.07, 6.45) is 0. The topological polar surface area (TPSA) is 24.1 Å². The van der Waals surface area contributed by atoms with Crippen LogP contribution in [0.2, 0.25) is 5.02 Å². The van der Waals surface area contributed by atoms with Gasteiger partial charge in [0.15, 0.2) is 5.11 Å². The number of benzene rings is 2. The molecule has 0 unspecified atom stereocenters. The molecule has 104 valence electrons. The first kappa shape index (κ1) is 14.7. The fourth-order valence-corrected chi connectivity index (χ4v) is 1.99. The van der Waals surface area contributed by atoms with Crippen molar-refractivity contribution in [3.8, 4) is 0 Å². The number of thiocarbonyl (C=S) groups is 1. The normalized spacial score (nSPS) is 10.2. The van der Waals surface area contributed by atoms with Crippen LogP contribution in [0.3, 0.4) is 0 Å². The van der Waals surface area contributed by atoms with Crippen molar-refractivity contribution in [2.45, 2.75) is 6.92 Å². The Bertz CT molecular complexity index is 606. The summed E-state index contributed by atoms with van der Waals surface area (Å²) >= 11 is 11.0. The lowest BCUT2D eigenvalue weighted by atomic mass is 10.2. The number of halogens is 3. The van der Waals surface area contributed by atoms with Crippen LogP contribution < -0.4 is 10.6 Å². The maximum atomic E-state index is 13.5. The molecule has 0 bridgehead atoms. The first-order valence-corrected chi connectivity index (χ1v) is 6.53. The minimum Gasteiger partial charge on any atom is -0.332 e. The lowest BCUT2D eigenvalue weighted by Gasteiger charge is -2.13. The van der Waals surface area contributed by atoms with E-state index in [1.165, 1.54) is 0 Å². The van der Waals surface area contributed by atoms with E-state index < -0.39 is 11.6 Å². The van der Waals surface area contributed by atoms with Crippen LogP contribution in [0.4, 0.5) is 20.2 Å². The van der Waals surface area contributed by atoms with Gasteiger partial charge in [0.25, 0.3) is 0 Å². The Labute approximate surface area is 125 Å². The van der Waals surface area contributed by atoms with E-state index in [9.17, 15) is 8.78 Å². The average Bonchev–Trinajstić information content (AvgIpc) is 2.38. The molecule has 0 saturated heterocycles. The van der Waals surface area contributed by atoms with Crippen molar-refractivity contribution in [3.05, 3.63) is 58.6 Å². The molecule has 2 aromatic carbocycles. The Morgan fingerprint density at radius 3 is 2.50 bits per heavy atom. The van der Waals surface area contributed by atoms with E-state index in [0.29, 0.717) is 10.7 Å². The van der Waals surface area contributed by atoms with Crippen LogP contribution in [0.25, 0.3) is 0 Å². The maximum absolute atomic E-state index is 13.5. The fourth-order valence-electron chi connectivity index (χ4n) is 1.60. The Morgan fingerprint density at radius 1 is 1.05 bits per heavy atom.